The average molecular weight is 658 g/mol. The zero-order valence-electron chi connectivity index (χ0n) is 25.5. The average Bonchev–Trinajstić information content (AvgIpc) is 3.48. The fraction of sp³-hybridized carbons (Fsp3) is 0.306. The van der Waals surface area contributed by atoms with Crippen LogP contribution in [0.15, 0.2) is 67.0 Å². The van der Waals surface area contributed by atoms with Crippen LogP contribution in [0, 0.1) is 17.2 Å². The first-order chi connectivity index (χ1) is 22.3. The Hall–Kier alpha value is -4.29. The molecule has 1 fully saturated rings. The maximum atomic E-state index is 11.7. The van der Waals surface area contributed by atoms with Gasteiger partial charge in [0.2, 0.25) is 5.91 Å². The summed E-state index contributed by atoms with van der Waals surface area (Å²) in [6, 6.07) is 19.6. The molecule has 1 aromatic heterocycles. The molecule has 4 aromatic rings. The lowest BCUT2D eigenvalue weighted by Crippen LogP contribution is -2.38. The van der Waals surface area contributed by atoms with Gasteiger partial charge >= 0.3 is 0 Å². The van der Waals surface area contributed by atoms with E-state index in [9.17, 15) is 10.1 Å². The Morgan fingerprint density at radius 1 is 1.02 bits per heavy atom. The Morgan fingerprint density at radius 3 is 2.57 bits per heavy atom. The minimum atomic E-state index is -0.242. The molecule has 10 heteroatoms. The summed E-state index contributed by atoms with van der Waals surface area (Å²) in [6.07, 6.45) is 6.04. The number of aromatic nitrogens is 1. The van der Waals surface area contributed by atoms with E-state index in [2.05, 4.69) is 28.1 Å². The largest absolute Gasteiger partial charge is 0.495 e. The number of pyridine rings is 1. The summed E-state index contributed by atoms with van der Waals surface area (Å²) >= 11 is 13.6. The maximum absolute atomic E-state index is 11.7. The van der Waals surface area contributed by atoms with Crippen molar-refractivity contribution in [2.24, 2.45) is 11.7 Å². The number of halogens is 2. The lowest BCUT2D eigenvalue weighted by Gasteiger charge is -2.31. The molecule has 8 nitrogen and oxygen atoms in total. The van der Waals surface area contributed by atoms with Crippen molar-refractivity contribution in [2.45, 2.75) is 44.9 Å². The van der Waals surface area contributed by atoms with E-state index in [-0.39, 0.29) is 24.5 Å². The quantitative estimate of drug-likeness (QED) is 0.191. The van der Waals surface area contributed by atoms with E-state index < -0.39 is 0 Å². The third-order valence-electron chi connectivity index (χ3n) is 8.78. The van der Waals surface area contributed by atoms with Gasteiger partial charge in [0.15, 0.2) is 0 Å². The number of hydrogen-bond acceptors (Lipinski definition) is 7. The molecule has 0 spiro atoms. The number of amides is 1. The number of ether oxygens (including phenoxy) is 3. The molecular formula is C36H34Cl2N4O4. The van der Waals surface area contributed by atoms with Gasteiger partial charge in [-0.3, -0.25) is 14.7 Å². The molecule has 1 saturated heterocycles. The van der Waals surface area contributed by atoms with Crippen LogP contribution in [0.5, 0.6) is 17.2 Å². The Kier molecular flexibility index (Phi) is 9.64. The highest BCUT2D eigenvalue weighted by Crippen LogP contribution is 2.45. The number of nitrogens with two attached hydrogens (primary N) is 1. The maximum Gasteiger partial charge on any atom is 0.220 e. The summed E-state index contributed by atoms with van der Waals surface area (Å²) in [6.45, 7) is 2.30. The van der Waals surface area contributed by atoms with Crippen molar-refractivity contribution in [1.29, 1.82) is 5.26 Å². The molecule has 0 bridgehead atoms. The molecule has 0 saturated carbocycles. The standard InChI is InChI=1S/C36H34Cl2N4O4/c1-44-32-7-3-6-29(35(32)38)26-4-2-5-28-27(26)8-9-31(28)46-34-16-33(45-21-23-14-22(17-39)18-41-19-23)25(15-30(34)37)20-42-12-10-24(11-13-42)36(40)43/h2-7,14-16,18-19,24,31H,8-13,20-21H2,1H3,(H2,40,43)/t31-/m0/s1. The number of primary amides is 1. The van der Waals surface area contributed by atoms with Crippen molar-refractivity contribution in [3.63, 3.8) is 0 Å². The van der Waals surface area contributed by atoms with Crippen LogP contribution in [0.25, 0.3) is 11.1 Å². The first-order valence-corrected chi connectivity index (χ1v) is 16.0. The van der Waals surface area contributed by atoms with Crippen LogP contribution in [0.2, 0.25) is 10.0 Å². The van der Waals surface area contributed by atoms with Gasteiger partial charge in [0, 0.05) is 47.6 Å². The number of methoxy groups -OCH3 is 1. The summed E-state index contributed by atoms with van der Waals surface area (Å²) in [4.78, 5) is 18.1. The highest BCUT2D eigenvalue weighted by atomic mass is 35.5. The fourth-order valence-corrected chi connectivity index (χ4v) is 6.89. The molecule has 2 heterocycles. The van der Waals surface area contributed by atoms with Crippen molar-refractivity contribution in [3.8, 4) is 34.4 Å². The summed E-state index contributed by atoms with van der Waals surface area (Å²) in [5.74, 6) is 1.46. The Bertz CT molecular complexity index is 1800. The van der Waals surface area contributed by atoms with E-state index in [0.717, 1.165) is 66.6 Å². The zero-order valence-corrected chi connectivity index (χ0v) is 27.0. The third-order valence-corrected chi connectivity index (χ3v) is 9.46. The lowest BCUT2D eigenvalue weighted by atomic mass is 9.96. The van der Waals surface area contributed by atoms with Gasteiger partial charge < -0.3 is 19.9 Å². The molecule has 0 radical (unpaired) electrons. The van der Waals surface area contributed by atoms with Crippen LogP contribution >= 0.6 is 23.2 Å². The van der Waals surface area contributed by atoms with Crippen LogP contribution in [-0.2, 0) is 24.4 Å². The van der Waals surface area contributed by atoms with E-state index in [1.165, 1.54) is 11.8 Å². The highest BCUT2D eigenvalue weighted by Gasteiger charge is 2.29. The third kappa shape index (κ3) is 6.78. The minimum absolute atomic E-state index is 0.0963. The van der Waals surface area contributed by atoms with Crippen LogP contribution in [0.1, 0.15) is 53.2 Å². The van der Waals surface area contributed by atoms with Gasteiger partial charge in [-0.05, 0) is 73.7 Å². The lowest BCUT2D eigenvalue weighted by molar-refractivity contribution is -0.123. The van der Waals surface area contributed by atoms with Crippen molar-refractivity contribution in [3.05, 3.63) is 105 Å². The van der Waals surface area contributed by atoms with Crippen molar-refractivity contribution < 1.29 is 19.0 Å². The van der Waals surface area contributed by atoms with Gasteiger partial charge in [0.25, 0.3) is 0 Å². The van der Waals surface area contributed by atoms with E-state index in [4.69, 9.17) is 43.1 Å². The minimum Gasteiger partial charge on any atom is -0.495 e. The number of benzene rings is 3. The molecule has 1 aliphatic heterocycles. The normalized spacial score (nSPS) is 16.4. The number of rotatable bonds is 10. The number of nitrogens with zero attached hydrogens (tertiary/aromatic N) is 3. The Balaban J connectivity index is 1.27. The van der Waals surface area contributed by atoms with E-state index >= 15 is 0 Å². The van der Waals surface area contributed by atoms with E-state index in [1.807, 2.05) is 36.4 Å². The van der Waals surface area contributed by atoms with Gasteiger partial charge in [-0.15, -0.1) is 0 Å². The molecule has 2 N–H and O–H groups in total. The number of carbonyl (C=O) groups is 1. The molecule has 3 aromatic carbocycles. The molecule has 0 unspecified atom stereocenters. The van der Waals surface area contributed by atoms with Crippen molar-refractivity contribution in [1.82, 2.24) is 9.88 Å². The SMILES string of the molecule is COc1cccc(-c2cccc3c2CC[C@@H]3Oc2cc(OCc3cncc(C#N)c3)c(CN3CCC(C(N)=O)CC3)cc2Cl)c1Cl. The Morgan fingerprint density at radius 2 is 1.80 bits per heavy atom. The topological polar surface area (TPSA) is 111 Å². The number of piperidine rings is 1. The number of likely N-dealkylation sites (tertiary alicyclic amines) is 1. The second-order valence-corrected chi connectivity index (χ2v) is 12.5. The molecular weight excluding hydrogens is 623 g/mol. The monoisotopic (exact) mass is 656 g/mol. The summed E-state index contributed by atoms with van der Waals surface area (Å²) < 4.78 is 18.4. The van der Waals surface area contributed by atoms with Gasteiger partial charge in [-0.25, -0.2) is 0 Å². The molecule has 6 rings (SSSR count). The molecule has 2 aliphatic rings. The second kappa shape index (κ2) is 14.0. The van der Waals surface area contributed by atoms with Crippen molar-refractivity contribution >= 4 is 29.1 Å². The number of fused-ring (bicyclic) bond motifs is 1. The summed E-state index contributed by atoms with van der Waals surface area (Å²) in [7, 11) is 1.61. The van der Waals surface area contributed by atoms with Crippen LogP contribution in [0.3, 0.4) is 0 Å². The van der Waals surface area contributed by atoms with Crippen LogP contribution < -0.4 is 19.9 Å². The predicted molar refractivity (Wildman–Crippen MR) is 177 cm³/mol. The number of carbonyl (C=O) groups excluding carboxylic acids is 1. The zero-order chi connectivity index (χ0) is 32.2. The number of hydrogen-bond donors (Lipinski definition) is 1. The van der Waals surface area contributed by atoms with Crippen molar-refractivity contribution in [2.75, 3.05) is 20.2 Å². The smallest absolute Gasteiger partial charge is 0.220 e. The fourth-order valence-electron chi connectivity index (χ4n) is 6.35. The molecule has 1 amide bonds. The van der Waals surface area contributed by atoms with Crippen LogP contribution in [-0.4, -0.2) is 36.0 Å². The summed E-state index contributed by atoms with van der Waals surface area (Å²) in [5, 5.41) is 10.4. The second-order valence-electron chi connectivity index (χ2n) is 11.7. The first kappa shape index (κ1) is 31.7. The molecule has 236 valence electrons. The molecule has 46 heavy (non-hydrogen) atoms. The van der Waals surface area contributed by atoms with Gasteiger partial charge in [0.05, 0.1) is 22.7 Å². The predicted octanol–water partition coefficient (Wildman–Crippen LogP) is 7.28. The van der Waals surface area contributed by atoms with Gasteiger partial charge in [-0.2, -0.15) is 5.26 Å². The first-order valence-electron chi connectivity index (χ1n) is 15.3. The summed E-state index contributed by atoms with van der Waals surface area (Å²) in [5.41, 5.74) is 12.0. The van der Waals surface area contributed by atoms with Gasteiger partial charge in [0.1, 0.15) is 36.0 Å². The molecule has 1 aliphatic carbocycles. The Labute approximate surface area is 278 Å². The van der Waals surface area contributed by atoms with Crippen LogP contribution in [0.4, 0.5) is 0 Å². The van der Waals surface area contributed by atoms with E-state index in [0.29, 0.717) is 39.4 Å². The number of nitriles is 1. The van der Waals surface area contributed by atoms with Gasteiger partial charge in [-0.1, -0.05) is 53.5 Å². The molecule has 1 atom stereocenters. The van der Waals surface area contributed by atoms with E-state index in [1.54, 1.807) is 19.4 Å². The highest BCUT2D eigenvalue weighted by molar-refractivity contribution is 6.35.